The maximum absolute atomic E-state index is 11.1. The molecular weight excluding hydrogens is 246 g/mol. The summed E-state index contributed by atoms with van der Waals surface area (Å²) < 4.78 is 12.9. The molecule has 6 heteroatoms. The number of nitrogens with two attached hydrogens (primary N) is 1. The molecule has 1 heterocycles. The number of rotatable bonds is 3. The zero-order valence-corrected chi connectivity index (χ0v) is 10.4. The van der Waals surface area contributed by atoms with Crippen molar-refractivity contribution in [2.45, 2.75) is 6.54 Å². The number of benzene rings is 1. The van der Waals surface area contributed by atoms with Crippen molar-refractivity contribution in [3.8, 4) is 0 Å². The fraction of sp³-hybridized carbons (Fsp3) is 0.300. The van der Waals surface area contributed by atoms with E-state index in [4.69, 9.17) is 17.3 Å². The maximum Gasteiger partial charge on any atom is 0.201 e. The van der Waals surface area contributed by atoms with Gasteiger partial charge in [0.25, 0.3) is 0 Å². The highest BCUT2D eigenvalue weighted by Crippen LogP contribution is 2.21. The Morgan fingerprint density at radius 1 is 1.56 bits per heavy atom. The molecule has 1 aromatic carbocycles. The predicted octanol–water partition coefficient (Wildman–Crippen LogP) is 1.65. The Bertz CT molecular complexity index is 552. The highest BCUT2D eigenvalue weighted by Gasteiger charge is 2.08. The molecule has 0 radical (unpaired) electrons. The van der Waals surface area contributed by atoms with E-state index >= 15 is 0 Å². The van der Waals surface area contributed by atoms with Gasteiger partial charge in [-0.05, 0) is 18.2 Å². The van der Waals surface area contributed by atoms with E-state index < -0.39 is 10.8 Å². The molecule has 2 N–H and O–H groups in total. The molecule has 0 aliphatic carbocycles. The molecule has 1 unspecified atom stereocenters. The second-order valence-corrected chi connectivity index (χ2v) is 5.52. The van der Waals surface area contributed by atoms with E-state index in [-0.39, 0.29) is 0 Å². The lowest BCUT2D eigenvalue weighted by Gasteiger charge is -2.04. The van der Waals surface area contributed by atoms with Crippen molar-refractivity contribution in [3.63, 3.8) is 0 Å². The van der Waals surface area contributed by atoms with Crippen molar-refractivity contribution in [2.24, 2.45) is 0 Å². The Kier molecular flexibility index (Phi) is 3.16. The van der Waals surface area contributed by atoms with Gasteiger partial charge in [0.2, 0.25) is 5.95 Å². The predicted molar refractivity (Wildman–Crippen MR) is 68.1 cm³/mol. The Balaban J connectivity index is 2.45. The molecule has 0 spiro atoms. The van der Waals surface area contributed by atoms with Crippen molar-refractivity contribution >= 4 is 39.4 Å². The van der Waals surface area contributed by atoms with E-state index in [9.17, 15) is 4.21 Å². The minimum absolute atomic E-state index is 0.433. The van der Waals surface area contributed by atoms with Crippen LogP contribution in [0.5, 0.6) is 0 Å². The standard InChI is InChI=1S/C10H12ClN3OS/c1-16(15)5-4-14-9-6-7(11)2-3-8(9)13-10(14)12/h2-3,6H,4-5H2,1H3,(H2,12,13). The summed E-state index contributed by atoms with van der Waals surface area (Å²) in [5.41, 5.74) is 7.49. The minimum Gasteiger partial charge on any atom is -0.369 e. The average Bonchev–Trinajstić information content (AvgIpc) is 2.51. The molecule has 16 heavy (non-hydrogen) atoms. The fourth-order valence-corrected chi connectivity index (χ4v) is 2.18. The second kappa shape index (κ2) is 4.43. The van der Waals surface area contributed by atoms with Crippen LogP contribution in [0, 0.1) is 0 Å². The smallest absolute Gasteiger partial charge is 0.201 e. The van der Waals surface area contributed by atoms with Gasteiger partial charge in [-0.15, -0.1) is 0 Å². The first-order valence-electron chi connectivity index (χ1n) is 4.79. The van der Waals surface area contributed by atoms with E-state index in [1.54, 1.807) is 12.3 Å². The molecule has 0 aliphatic rings. The van der Waals surface area contributed by atoms with Gasteiger partial charge in [-0.25, -0.2) is 4.98 Å². The summed E-state index contributed by atoms with van der Waals surface area (Å²) >= 11 is 5.92. The minimum atomic E-state index is -0.844. The van der Waals surface area contributed by atoms with Crippen LogP contribution in [0.1, 0.15) is 0 Å². The lowest BCUT2D eigenvalue weighted by molar-refractivity contribution is 0.680. The molecule has 0 saturated heterocycles. The fourth-order valence-electron chi connectivity index (χ4n) is 1.57. The highest BCUT2D eigenvalue weighted by atomic mass is 35.5. The molecular formula is C10H12ClN3OS. The summed E-state index contributed by atoms with van der Waals surface area (Å²) in [6, 6.07) is 5.42. The van der Waals surface area contributed by atoms with Gasteiger partial charge < -0.3 is 10.3 Å². The number of nitrogens with zero attached hydrogens (tertiary/aromatic N) is 2. The molecule has 4 nitrogen and oxygen atoms in total. The van der Waals surface area contributed by atoms with Gasteiger partial charge in [-0.3, -0.25) is 4.21 Å². The molecule has 2 aromatic rings. The summed E-state index contributed by atoms with van der Waals surface area (Å²) in [5, 5.41) is 0.645. The van der Waals surface area contributed by atoms with Gasteiger partial charge in [0.05, 0.1) is 11.0 Å². The molecule has 1 aromatic heterocycles. The first kappa shape index (κ1) is 11.4. The van der Waals surface area contributed by atoms with Crippen LogP contribution in [0.15, 0.2) is 18.2 Å². The van der Waals surface area contributed by atoms with Crippen LogP contribution < -0.4 is 5.73 Å². The third-order valence-electron chi connectivity index (χ3n) is 2.34. The Morgan fingerprint density at radius 3 is 3.00 bits per heavy atom. The first-order chi connectivity index (χ1) is 7.58. The van der Waals surface area contributed by atoms with Crippen LogP contribution in [-0.4, -0.2) is 25.8 Å². The summed E-state index contributed by atoms with van der Waals surface area (Å²) in [5.74, 6) is 0.991. The number of hydrogen-bond donors (Lipinski definition) is 1. The van der Waals surface area contributed by atoms with E-state index in [0.717, 1.165) is 11.0 Å². The van der Waals surface area contributed by atoms with Gasteiger partial charge >= 0.3 is 0 Å². The van der Waals surface area contributed by atoms with Crippen LogP contribution in [-0.2, 0) is 17.3 Å². The number of fused-ring (bicyclic) bond motifs is 1. The van der Waals surface area contributed by atoms with Crippen molar-refractivity contribution in [1.29, 1.82) is 0 Å². The number of nitrogen functional groups attached to an aromatic ring is 1. The topological polar surface area (TPSA) is 60.9 Å². The Labute approximate surface area is 101 Å². The summed E-state index contributed by atoms with van der Waals surface area (Å²) in [6.07, 6.45) is 1.67. The second-order valence-electron chi connectivity index (χ2n) is 3.53. The van der Waals surface area contributed by atoms with Gasteiger partial charge in [0.1, 0.15) is 0 Å². The summed E-state index contributed by atoms with van der Waals surface area (Å²) in [4.78, 5) is 4.22. The third kappa shape index (κ3) is 2.20. The number of halogens is 1. The molecule has 0 saturated carbocycles. The van der Waals surface area contributed by atoms with Crippen LogP contribution in [0.25, 0.3) is 11.0 Å². The number of hydrogen-bond acceptors (Lipinski definition) is 3. The average molecular weight is 258 g/mol. The van der Waals surface area contributed by atoms with Gasteiger partial charge in [-0.1, -0.05) is 11.6 Å². The van der Waals surface area contributed by atoms with Crippen LogP contribution >= 0.6 is 11.6 Å². The van der Waals surface area contributed by atoms with Crippen molar-refractivity contribution < 1.29 is 4.21 Å². The van der Waals surface area contributed by atoms with Gasteiger partial charge in [0.15, 0.2) is 0 Å². The van der Waals surface area contributed by atoms with Crippen molar-refractivity contribution in [3.05, 3.63) is 23.2 Å². The largest absolute Gasteiger partial charge is 0.369 e. The molecule has 86 valence electrons. The Hall–Kier alpha value is -1.07. The van der Waals surface area contributed by atoms with Crippen LogP contribution in [0.2, 0.25) is 5.02 Å². The monoisotopic (exact) mass is 257 g/mol. The van der Waals surface area contributed by atoms with Crippen molar-refractivity contribution in [2.75, 3.05) is 17.7 Å². The number of anilines is 1. The highest BCUT2D eigenvalue weighted by molar-refractivity contribution is 7.84. The number of imidazole rings is 1. The summed E-state index contributed by atoms with van der Waals surface area (Å²) in [6.45, 7) is 0.589. The normalized spacial score (nSPS) is 13.1. The number of aromatic nitrogens is 2. The molecule has 2 rings (SSSR count). The molecule has 0 bridgehead atoms. The van der Waals surface area contributed by atoms with Crippen LogP contribution in [0.4, 0.5) is 5.95 Å². The molecule has 0 fully saturated rings. The van der Waals surface area contributed by atoms with E-state index in [1.165, 1.54) is 0 Å². The molecule has 0 aliphatic heterocycles. The first-order valence-corrected chi connectivity index (χ1v) is 6.90. The zero-order valence-electron chi connectivity index (χ0n) is 8.81. The third-order valence-corrected chi connectivity index (χ3v) is 3.33. The SMILES string of the molecule is CS(=O)CCn1c(N)nc2ccc(Cl)cc21. The number of aryl methyl sites for hydroxylation is 1. The van der Waals surface area contributed by atoms with Gasteiger partial charge in [-0.2, -0.15) is 0 Å². The van der Waals surface area contributed by atoms with E-state index in [1.807, 2.05) is 16.7 Å². The van der Waals surface area contributed by atoms with Crippen LogP contribution in [0.3, 0.4) is 0 Å². The maximum atomic E-state index is 11.1. The molecule has 1 atom stereocenters. The quantitative estimate of drug-likeness (QED) is 0.910. The lowest BCUT2D eigenvalue weighted by Crippen LogP contribution is -2.09. The Morgan fingerprint density at radius 2 is 2.31 bits per heavy atom. The molecule has 0 amide bonds. The van der Waals surface area contributed by atoms with Gasteiger partial charge in [0, 0.05) is 34.4 Å². The zero-order chi connectivity index (χ0) is 11.7. The summed E-state index contributed by atoms with van der Waals surface area (Å²) in [7, 11) is -0.844. The van der Waals surface area contributed by atoms with Crippen molar-refractivity contribution in [1.82, 2.24) is 9.55 Å². The van der Waals surface area contributed by atoms with E-state index in [0.29, 0.717) is 23.3 Å². The van der Waals surface area contributed by atoms with E-state index in [2.05, 4.69) is 4.98 Å². The lowest BCUT2D eigenvalue weighted by atomic mass is 10.3.